The van der Waals surface area contributed by atoms with E-state index in [-0.39, 0.29) is 25.0 Å². The van der Waals surface area contributed by atoms with Crippen molar-refractivity contribution in [1.82, 2.24) is 10.6 Å². The molecule has 0 spiro atoms. The molecule has 0 bridgehead atoms. The van der Waals surface area contributed by atoms with Crippen molar-refractivity contribution in [3.63, 3.8) is 0 Å². The molecule has 3 nitrogen and oxygen atoms in total. The number of halogens is 2. The number of carbonyl (C=O) groups excluding carboxylic acids is 1. The smallest absolute Gasteiger partial charge is 0.259 e. The van der Waals surface area contributed by atoms with Crippen LogP contribution in [0.25, 0.3) is 0 Å². The minimum absolute atomic E-state index is 0. The number of rotatable bonds is 2. The van der Waals surface area contributed by atoms with Crippen molar-refractivity contribution >= 4 is 18.3 Å². The van der Waals surface area contributed by atoms with Crippen molar-refractivity contribution in [3.05, 3.63) is 0 Å². The molecule has 0 radical (unpaired) electrons. The summed E-state index contributed by atoms with van der Waals surface area (Å²) >= 11 is 0. The summed E-state index contributed by atoms with van der Waals surface area (Å²) in [6, 6.07) is 0.218. The fraction of sp³-hybridized carbons (Fsp3) is 0.900. The number of nitrogens with one attached hydrogen (secondary N) is 2. The lowest BCUT2D eigenvalue weighted by Gasteiger charge is -2.20. The van der Waals surface area contributed by atoms with Gasteiger partial charge in [0.1, 0.15) is 0 Å². The summed E-state index contributed by atoms with van der Waals surface area (Å²) < 4.78 is 13.9. The Morgan fingerprint density at radius 3 is 2.60 bits per heavy atom. The SMILES string of the molecule is Cl.O=C(NC1CCCC1)C1(F)CCNC1. The lowest BCUT2D eigenvalue weighted by molar-refractivity contribution is -0.132. The van der Waals surface area contributed by atoms with E-state index in [9.17, 15) is 9.18 Å². The fourth-order valence-corrected chi connectivity index (χ4v) is 2.24. The molecule has 1 saturated heterocycles. The minimum atomic E-state index is -1.65. The predicted molar refractivity (Wildman–Crippen MR) is 59.0 cm³/mol. The first-order chi connectivity index (χ1) is 6.71. The Morgan fingerprint density at radius 2 is 2.07 bits per heavy atom. The van der Waals surface area contributed by atoms with Gasteiger partial charge in [-0.3, -0.25) is 4.79 Å². The molecule has 0 aromatic carbocycles. The van der Waals surface area contributed by atoms with E-state index in [1.54, 1.807) is 0 Å². The summed E-state index contributed by atoms with van der Waals surface area (Å²) in [6.07, 6.45) is 4.64. The lowest BCUT2D eigenvalue weighted by Crippen LogP contribution is -2.48. The van der Waals surface area contributed by atoms with Crippen LogP contribution in [0.2, 0.25) is 0 Å². The Bertz CT molecular complexity index is 225. The highest BCUT2D eigenvalue weighted by Crippen LogP contribution is 2.23. The molecule has 0 aromatic rings. The standard InChI is InChI=1S/C10H17FN2O.ClH/c11-10(5-6-12-7-10)9(14)13-8-3-1-2-4-8;/h8,12H,1-7H2,(H,13,14);1H. The molecule has 1 heterocycles. The normalized spacial score (nSPS) is 31.3. The van der Waals surface area contributed by atoms with Gasteiger partial charge in [0, 0.05) is 19.0 Å². The van der Waals surface area contributed by atoms with Crippen LogP contribution in [0.3, 0.4) is 0 Å². The topological polar surface area (TPSA) is 41.1 Å². The summed E-state index contributed by atoms with van der Waals surface area (Å²) in [6.45, 7) is 0.778. The zero-order valence-corrected chi connectivity index (χ0v) is 9.54. The lowest BCUT2D eigenvalue weighted by atomic mass is 10.0. The molecule has 1 unspecified atom stereocenters. The third kappa shape index (κ3) is 2.82. The summed E-state index contributed by atoms with van der Waals surface area (Å²) in [5.74, 6) is -0.408. The van der Waals surface area contributed by atoms with Gasteiger partial charge in [-0.25, -0.2) is 4.39 Å². The van der Waals surface area contributed by atoms with E-state index in [4.69, 9.17) is 0 Å². The zero-order valence-electron chi connectivity index (χ0n) is 8.72. The molecule has 5 heteroatoms. The third-order valence-corrected chi connectivity index (χ3v) is 3.20. The van der Waals surface area contributed by atoms with Crippen LogP contribution in [0.5, 0.6) is 0 Å². The molecular formula is C10H18ClFN2O. The van der Waals surface area contributed by atoms with Gasteiger partial charge >= 0.3 is 0 Å². The number of alkyl halides is 1. The number of hydrogen-bond donors (Lipinski definition) is 2. The molecule has 1 amide bonds. The molecule has 2 fully saturated rings. The first-order valence-corrected chi connectivity index (χ1v) is 5.41. The Labute approximate surface area is 95.6 Å². The van der Waals surface area contributed by atoms with Crippen LogP contribution < -0.4 is 10.6 Å². The van der Waals surface area contributed by atoms with Gasteiger partial charge in [-0.2, -0.15) is 0 Å². The largest absolute Gasteiger partial charge is 0.351 e. The molecule has 1 saturated carbocycles. The van der Waals surface area contributed by atoms with E-state index in [2.05, 4.69) is 10.6 Å². The van der Waals surface area contributed by atoms with Gasteiger partial charge in [0.2, 0.25) is 5.67 Å². The van der Waals surface area contributed by atoms with Crippen LogP contribution in [0.15, 0.2) is 0 Å². The number of carbonyl (C=O) groups is 1. The summed E-state index contributed by atoms with van der Waals surface area (Å²) in [4.78, 5) is 11.6. The first-order valence-electron chi connectivity index (χ1n) is 5.41. The molecule has 1 aliphatic heterocycles. The van der Waals surface area contributed by atoms with Crippen molar-refractivity contribution in [1.29, 1.82) is 0 Å². The van der Waals surface area contributed by atoms with Crippen LogP contribution in [-0.4, -0.2) is 30.7 Å². The Kier molecular flexibility index (Phi) is 4.34. The second-order valence-electron chi connectivity index (χ2n) is 4.35. The van der Waals surface area contributed by atoms with E-state index >= 15 is 0 Å². The van der Waals surface area contributed by atoms with E-state index in [0.29, 0.717) is 13.0 Å². The van der Waals surface area contributed by atoms with Gasteiger partial charge in [0.05, 0.1) is 0 Å². The molecule has 15 heavy (non-hydrogen) atoms. The van der Waals surface area contributed by atoms with Gasteiger partial charge in [0.15, 0.2) is 0 Å². The molecule has 2 N–H and O–H groups in total. The minimum Gasteiger partial charge on any atom is -0.351 e. The summed E-state index contributed by atoms with van der Waals surface area (Å²) in [7, 11) is 0. The van der Waals surface area contributed by atoms with E-state index in [1.807, 2.05) is 0 Å². The van der Waals surface area contributed by atoms with Crippen molar-refractivity contribution in [2.75, 3.05) is 13.1 Å². The van der Waals surface area contributed by atoms with Gasteiger partial charge in [0.25, 0.3) is 5.91 Å². The van der Waals surface area contributed by atoms with Crippen molar-refractivity contribution < 1.29 is 9.18 Å². The quantitative estimate of drug-likeness (QED) is 0.756. The highest BCUT2D eigenvalue weighted by Gasteiger charge is 2.42. The molecule has 2 aliphatic rings. The highest BCUT2D eigenvalue weighted by molar-refractivity contribution is 5.86. The third-order valence-electron chi connectivity index (χ3n) is 3.20. The van der Waals surface area contributed by atoms with Crippen LogP contribution in [-0.2, 0) is 4.79 Å². The fourth-order valence-electron chi connectivity index (χ4n) is 2.24. The maximum Gasteiger partial charge on any atom is 0.259 e. The van der Waals surface area contributed by atoms with Gasteiger partial charge in [-0.15, -0.1) is 12.4 Å². The second kappa shape index (κ2) is 5.12. The van der Waals surface area contributed by atoms with E-state index < -0.39 is 11.6 Å². The van der Waals surface area contributed by atoms with Crippen molar-refractivity contribution in [2.24, 2.45) is 0 Å². The Balaban J connectivity index is 0.00000112. The summed E-state index contributed by atoms with van der Waals surface area (Å²) in [5, 5.41) is 5.69. The molecule has 88 valence electrons. The van der Waals surface area contributed by atoms with Gasteiger partial charge in [-0.1, -0.05) is 12.8 Å². The van der Waals surface area contributed by atoms with Crippen LogP contribution in [0.1, 0.15) is 32.1 Å². The van der Waals surface area contributed by atoms with Crippen molar-refractivity contribution in [3.8, 4) is 0 Å². The first kappa shape index (κ1) is 12.7. The van der Waals surface area contributed by atoms with E-state index in [1.165, 1.54) is 0 Å². The van der Waals surface area contributed by atoms with Crippen LogP contribution >= 0.6 is 12.4 Å². The van der Waals surface area contributed by atoms with Crippen LogP contribution in [0.4, 0.5) is 4.39 Å². The Morgan fingerprint density at radius 1 is 1.40 bits per heavy atom. The predicted octanol–water partition coefficient (Wildman–Crippen LogP) is 1.17. The number of hydrogen-bond acceptors (Lipinski definition) is 2. The molecule has 1 atom stereocenters. The monoisotopic (exact) mass is 236 g/mol. The maximum atomic E-state index is 13.9. The average Bonchev–Trinajstić information content (AvgIpc) is 2.76. The van der Waals surface area contributed by atoms with Gasteiger partial charge < -0.3 is 10.6 Å². The Hall–Kier alpha value is -0.350. The molecule has 2 rings (SSSR count). The molecule has 1 aliphatic carbocycles. The second-order valence-corrected chi connectivity index (χ2v) is 4.35. The average molecular weight is 237 g/mol. The zero-order chi connectivity index (χ0) is 10.0. The maximum absolute atomic E-state index is 13.9. The number of amides is 1. The van der Waals surface area contributed by atoms with Crippen molar-refractivity contribution in [2.45, 2.75) is 43.8 Å². The van der Waals surface area contributed by atoms with E-state index in [0.717, 1.165) is 25.7 Å². The summed E-state index contributed by atoms with van der Waals surface area (Å²) in [5.41, 5.74) is -1.65. The van der Waals surface area contributed by atoms with Gasteiger partial charge in [-0.05, 0) is 19.4 Å². The van der Waals surface area contributed by atoms with Crippen LogP contribution in [0, 0.1) is 0 Å². The molecule has 0 aromatic heterocycles. The highest BCUT2D eigenvalue weighted by atomic mass is 35.5. The molecular weight excluding hydrogens is 219 g/mol.